The molecule has 0 aliphatic carbocycles. The maximum absolute atomic E-state index is 12.8. The minimum Gasteiger partial charge on any atom is -0.382 e. The molecule has 30 heavy (non-hydrogen) atoms. The predicted octanol–water partition coefficient (Wildman–Crippen LogP) is 2.35. The number of H-pyrrole nitrogens is 1. The van der Waals surface area contributed by atoms with Crippen molar-refractivity contribution >= 4 is 38.3 Å². The fourth-order valence-electron chi connectivity index (χ4n) is 3.65. The van der Waals surface area contributed by atoms with Gasteiger partial charge in [-0.15, -0.1) is 0 Å². The van der Waals surface area contributed by atoms with E-state index in [1.165, 1.54) is 16.9 Å². The molecule has 0 spiro atoms. The van der Waals surface area contributed by atoms with Gasteiger partial charge in [-0.25, -0.2) is 22.7 Å². The fraction of sp³-hybridized carbons (Fsp3) is 0.350. The summed E-state index contributed by atoms with van der Waals surface area (Å²) in [7, 11) is -3.14. The van der Waals surface area contributed by atoms with Crippen LogP contribution in [-0.2, 0) is 10.0 Å². The van der Waals surface area contributed by atoms with E-state index in [-0.39, 0.29) is 11.9 Å². The molecule has 3 heterocycles. The van der Waals surface area contributed by atoms with Gasteiger partial charge in [0.1, 0.15) is 12.0 Å². The first-order chi connectivity index (χ1) is 14.3. The van der Waals surface area contributed by atoms with Crippen molar-refractivity contribution in [2.75, 3.05) is 30.0 Å². The first-order valence-corrected chi connectivity index (χ1v) is 11.6. The molecule has 9 nitrogen and oxygen atoms in total. The number of benzene rings is 1. The van der Waals surface area contributed by atoms with Gasteiger partial charge in [0.25, 0.3) is 5.91 Å². The fourth-order valence-corrected chi connectivity index (χ4v) is 4.53. The summed E-state index contributed by atoms with van der Waals surface area (Å²) in [5.74, 6) is -0.238. The van der Waals surface area contributed by atoms with Gasteiger partial charge in [-0.3, -0.25) is 4.79 Å². The van der Waals surface area contributed by atoms with Crippen molar-refractivity contribution in [3.8, 4) is 0 Å². The van der Waals surface area contributed by atoms with Crippen LogP contribution in [-0.4, -0.2) is 59.0 Å². The molecule has 1 aliphatic heterocycles. The van der Waals surface area contributed by atoms with Crippen LogP contribution >= 0.6 is 0 Å². The molecule has 0 bridgehead atoms. The molecular weight excluding hydrogens is 404 g/mol. The Morgan fingerprint density at radius 3 is 2.77 bits per heavy atom. The number of aromatic amines is 1. The topological polar surface area (TPSA) is 120 Å². The SMILES string of the molecule is Cc1ccc(NC2CCN(S(C)(=O)=O)CC2)cc1NC(=O)c1c[nH]c2ncncc12. The second-order valence-corrected chi connectivity index (χ2v) is 9.53. The average Bonchev–Trinajstić information content (AvgIpc) is 3.14. The maximum Gasteiger partial charge on any atom is 0.257 e. The van der Waals surface area contributed by atoms with Gasteiger partial charge in [-0.05, 0) is 37.5 Å². The van der Waals surface area contributed by atoms with Crippen molar-refractivity contribution in [2.45, 2.75) is 25.8 Å². The molecular formula is C20H24N6O3S. The number of nitrogens with one attached hydrogen (secondary N) is 3. The molecule has 3 aromatic rings. The number of amides is 1. The van der Waals surface area contributed by atoms with Crippen LogP contribution < -0.4 is 10.6 Å². The van der Waals surface area contributed by atoms with E-state index in [2.05, 4.69) is 25.6 Å². The number of piperidine rings is 1. The molecule has 3 N–H and O–H groups in total. The third-order valence-corrected chi connectivity index (χ3v) is 6.68. The van der Waals surface area contributed by atoms with Crippen LogP contribution in [0.3, 0.4) is 0 Å². The van der Waals surface area contributed by atoms with Crippen molar-refractivity contribution < 1.29 is 13.2 Å². The van der Waals surface area contributed by atoms with Gasteiger partial charge in [0.2, 0.25) is 10.0 Å². The quantitative estimate of drug-likeness (QED) is 0.574. The zero-order chi connectivity index (χ0) is 21.3. The van der Waals surface area contributed by atoms with Crippen molar-refractivity contribution in [1.29, 1.82) is 0 Å². The van der Waals surface area contributed by atoms with Crippen LogP contribution in [0, 0.1) is 6.92 Å². The molecule has 4 rings (SSSR count). The Bertz CT molecular complexity index is 1180. The molecule has 1 aromatic carbocycles. The van der Waals surface area contributed by atoms with Gasteiger partial charge >= 0.3 is 0 Å². The summed E-state index contributed by atoms with van der Waals surface area (Å²) in [6.45, 7) is 2.95. The Labute approximate surface area is 175 Å². The van der Waals surface area contributed by atoms with Crippen molar-refractivity contribution in [2.24, 2.45) is 0 Å². The summed E-state index contributed by atoms with van der Waals surface area (Å²) in [4.78, 5) is 23.9. The number of aromatic nitrogens is 3. The highest BCUT2D eigenvalue weighted by Gasteiger charge is 2.25. The van der Waals surface area contributed by atoms with Gasteiger partial charge in [-0.1, -0.05) is 6.07 Å². The van der Waals surface area contributed by atoms with E-state index >= 15 is 0 Å². The predicted molar refractivity (Wildman–Crippen MR) is 116 cm³/mol. The van der Waals surface area contributed by atoms with Gasteiger partial charge in [0.05, 0.1) is 11.8 Å². The molecule has 10 heteroatoms. The zero-order valence-electron chi connectivity index (χ0n) is 16.8. The lowest BCUT2D eigenvalue weighted by Crippen LogP contribution is -2.41. The van der Waals surface area contributed by atoms with E-state index in [0.717, 1.165) is 24.1 Å². The summed E-state index contributed by atoms with van der Waals surface area (Å²) in [5.41, 5.74) is 3.64. The number of carbonyl (C=O) groups is 1. The number of aryl methyl sites for hydroxylation is 1. The van der Waals surface area contributed by atoms with Crippen LogP contribution in [0.1, 0.15) is 28.8 Å². The number of anilines is 2. The summed E-state index contributed by atoms with van der Waals surface area (Å²) in [6, 6.07) is 6.00. The third-order valence-electron chi connectivity index (χ3n) is 5.38. The van der Waals surface area contributed by atoms with Crippen LogP contribution in [0.25, 0.3) is 11.0 Å². The highest BCUT2D eigenvalue weighted by Crippen LogP contribution is 2.25. The molecule has 1 aliphatic rings. The molecule has 1 saturated heterocycles. The minimum atomic E-state index is -3.14. The monoisotopic (exact) mass is 428 g/mol. The highest BCUT2D eigenvalue weighted by molar-refractivity contribution is 7.88. The number of hydrogen-bond acceptors (Lipinski definition) is 6. The molecule has 158 valence electrons. The summed E-state index contributed by atoms with van der Waals surface area (Å²) in [5, 5.41) is 7.09. The smallest absolute Gasteiger partial charge is 0.257 e. The van der Waals surface area contributed by atoms with Crippen molar-refractivity contribution in [1.82, 2.24) is 19.3 Å². The van der Waals surface area contributed by atoms with E-state index in [4.69, 9.17) is 0 Å². The average molecular weight is 429 g/mol. The molecule has 1 amide bonds. The second-order valence-electron chi connectivity index (χ2n) is 7.55. The van der Waals surface area contributed by atoms with Gasteiger partial charge < -0.3 is 15.6 Å². The largest absolute Gasteiger partial charge is 0.382 e. The Morgan fingerprint density at radius 2 is 2.03 bits per heavy atom. The molecule has 0 atom stereocenters. The first-order valence-electron chi connectivity index (χ1n) is 9.72. The summed E-state index contributed by atoms with van der Waals surface area (Å²) < 4.78 is 24.9. The Morgan fingerprint density at radius 1 is 1.27 bits per heavy atom. The van der Waals surface area contributed by atoms with E-state index in [9.17, 15) is 13.2 Å². The minimum absolute atomic E-state index is 0.181. The van der Waals surface area contributed by atoms with E-state index < -0.39 is 10.0 Å². The number of nitrogens with zero attached hydrogens (tertiary/aromatic N) is 3. The van der Waals surface area contributed by atoms with Crippen LogP contribution in [0.15, 0.2) is 36.9 Å². The summed E-state index contributed by atoms with van der Waals surface area (Å²) >= 11 is 0. The lowest BCUT2D eigenvalue weighted by atomic mass is 10.1. The van der Waals surface area contributed by atoms with Crippen LogP contribution in [0.4, 0.5) is 11.4 Å². The highest BCUT2D eigenvalue weighted by atomic mass is 32.2. The molecule has 2 aromatic heterocycles. The number of fused-ring (bicyclic) bond motifs is 1. The maximum atomic E-state index is 12.8. The Balaban J connectivity index is 1.45. The first kappa shape index (κ1) is 20.3. The van der Waals surface area contributed by atoms with Crippen molar-refractivity contribution in [3.63, 3.8) is 0 Å². The lowest BCUT2D eigenvalue weighted by Gasteiger charge is -2.31. The number of rotatable bonds is 5. The number of carbonyl (C=O) groups excluding carboxylic acids is 1. The molecule has 0 radical (unpaired) electrons. The standard InChI is InChI=1S/C20H24N6O3S/c1-13-3-4-15(24-14-5-7-26(8-6-14)30(2,28)29)9-18(13)25-20(27)17-11-22-19-16(17)10-21-12-23-19/h3-4,9-12,14,24H,5-8H2,1-2H3,(H,25,27)(H,21,22,23). The molecule has 1 fully saturated rings. The Hall–Kier alpha value is -2.98. The number of hydrogen-bond donors (Lipinski definition) is 3. The van der Waals surface area contributed by atoms with E-state index in [0.29, 0.717) is 35.4 Å². The summed E-state index contributed by atoms with van der Waals surface area (Å²) in [6.07, 6.45) is 7.38. The van der Waals surface area contributed by atoms with Crippen LogP contribution in [0.5, 0.6) is 0 Å². The van der Waals surface area contributed by atoms with Crippen LogP contribution in [0.2, 0.25) is 0 Å². The normalized spacial score (nSPS) is 15.9. The van der Waals surface area contributed by atoms with Gasteiger partial charge in [0, 0.05) is 48.3 Å². The van der Waals surface area contributed by atoms with Gasteiger partial charge in [-0.2, -0.15) is 0 Å². The van der Waals surface area contributed by atoms with Crippen molar-refractivity contribution in [3.05, 3.63) is 48.0 Å². The molecule has 0 unspecified atom stereocenters. The zero-order valence-corrected chi connectivity index (χ0v) is 17.7. The Kier molecular flexibility index (Phi) is 5.44. The van der Waals surface area contributed by atoms with E-state index in [1.807, 2.05) is 25.1 Å². The molecule has 0 saturated carbocycles. The second kappa shape index (κ2) is 8.04. The van der Waals surface area contributed by atoms with Gasteiger partial charge in [0.15, 0.2) is 0 Å². The van der Waals surface area contributed by atoms with E-state index in [1.54, 1.807) is 12.4 Å². The third kappa shape index (κ3) is 4.29. The number of sulfonamides is 1. The lowest BCUT2D eigenvalue weighted by molar-refractivity contribution is 0.102.